The van der Waals surface area contributed by atoms with Crippen LogP contribution >= 0.6 is 0 Å². The van der Waals surface area contributed by atoms with E-state index in [0.29, 0.717) is 23.4 Å². The minimum absolute atomic E-state index is 0.241. The van der Waals surface area contributed by atoms with Gasteiger partial charge in [0.15, 0.2) is 11.3 Å². The maximum absolute atomic E-state index is 13.1. The van der Waals surface area contributed by atoms with E-state index in [2.05, 4.69) is 16.0 Å². The van der Waals surface area contributed by atoms with Gasteiger partial charge < -0.3 is 16.0 Å². The third-order valence-corrected chi connectivity index (χ3v) is 4.46. The number of carbonyl (C=O) groups excluding carboxylic acids is 3. The molecule has 1 aliphatic rings. The molecule has 0 aromatic heterocycles. The summed E-state index contributed by atoms with van der Waals surface area (Å²) in [6.45, 7) is 1.97. The number of rotatable bonds is 5. The molecule has 0 aliphatic carbocycles. The largest absolute Gasteiger partial charge is 0.323 e. The zero-order valence-electron chi connectivity index (χ0n) is 14.5. The number of Topliss-reactive ketones (excluding diaryl/α,β-unsaturated/α-hetero) is 1. The Morgan fingerprint density at radius 3 is 2.46 bits per heavy atom. The normalized spacial score (nSPS) is 18.7. The van der Waals surface area contributed by atoms with Gasteiger partial charge in [-0.1, -0.05) is 50.1 Å². The predicted molar refractivity (Wildman–Crippen MR) is 100 cm³/mol. The Kier molecular flexibility index (Phi) is 5.02. The lowest BCUT2D eigenvalue weighted by atomic mass is 9.80. The van der Waals surface area contributed by atoms with Crippen molar-refractivity contribution in [3.05, 3.63) is 60.2 Å². The summed E-state index contributed by atoms with van der Waals surface area (Å²) in [7, 11) is 0. The van der Waals surface area contributed by atoms with Crippen LogP contribution in [0.25, 0.3) is 0 Å². The third kappa shape index (κ3) is 3.31. The van der Waals surface area contributed by atoms with Crippen LogP contribution in [-0.2, 0) is 4.79 Å². The molecular formula is C20H21N3O3. The third-order valence-electron chi connectivity index (χ3n) is 4.46. The zero-order valence-corrected chi connectivity index (χ0v) is 14.5. The van der Waals surface area contributed by atoms with Gasteiger partial charge in [-0.15, -0.1) is 0 Å². The quantitative estimate of drug-likeness (QED) is 0.720. The smallest absolute Gasteiger partial charge is 0.320 e. The van der Waals surface area contributed by atoms with E-state index in [9.17, 15) is 14.4 Å². The zero-order chi connectivity index (χ0) is 18.6. The summed E-state index contributed by atoms with van der Waals surface area (Å²) in [5.74, 6) is -0.883. The van der Waals surface area contributed by atoms with E-state index in [1.54, 1.807) is 48.5 Å². The lowest BCUT2D eigenvalue weighted by Crippen LogP contribution is -2.64. The molecule has 0 saturated heterocycles. The van der Waals surface area contributed by atoms with E-state index in [1.807, 2.05) is 13.0 Å². The SMILES string of the molecule is CCCCC1(NC(=O)Nc2ccccc2)C(=O)Nc2ccccc2C1=O. The Bertz CT molecular complexity index is 835. The maximum atomic E-state index is 13.1. The van der Waals surface area contributed by atoms with E-state index < -0.39 is 17.5 Å². The van der Waals surface area contributed by atoms with Crippen LogP contribution in [-0.4, -0.2) is 23.3 Å². The first-order valence-corrected chi connectivity index (χ1v) is 8.66. The molecule has 3 N–H and O–H groups in total. The highest BCUT2D eigenvalue weighted by Crippen LogP contribution is 2.31. The van der Waals surface area contributed by atoms with Gasteiger partial charge in [0.2, 0.25) is 0 Å². The number of carbonyl (C=O) groups is 3. The number of benzene rings is 2. The van der Waals surface area contributed by atoms with Crippen molar-refractivity contribution < 1.29 is 14.4 Å². The number of ketones is 1. The lowest BCUT2D eigenvalue weighted by Gasteiger charge is -2.36. The summed E-state index contributed by atoms with van der Waals surface area (Å²) in [4.78, 5) is 38.4. The van der Waals surface area contributed by atoms with Crippen molar-refractivity contribution in [2.75, 3.05) is 10.6 Å². The number of urea groups is 1. The topological polar surface area (TPSA) is 87.3 Å². The molecule has 26 heavy (non-hydrogen) atoms. The van der Waals surface area contributed by atoms with Gasteiger partial charge in [0.05, 0.1) is 5.69 Å². The molecule has 0 saturated carbocycles. The molecule has 1 unspecified atom stereocenters. The van der Waals surface area contributed by atoms with Gasteiger partial charge >= 0.3 is 6.03 Å². The number of para-hydroxylation sites is 2. The Labute approximate surface area is 152 Å². The Morgan fingerprint density at radius 1 is 1.04 bits per heavy atom. The fraction of sp³-hybridized carbons (Fsp3) is 0.250. The van der Waals surface area contributed by atoms with E-state index >= 15 is 0 Å². The average molecular weight is 351 g/mol. The number of unbranched alkanes of at least 4 members (excludes halogenated alkanes) is 1. The fourth-order valence-electron chi connectivity index (χ4n) is 3.07. The molecule has 1 atom stereocenters. The lowest BCUT2D eigenvalue weighted by molar-refractivity contribution is -0.120. The van der Waals surface area contributed by atoms with Crippen molar-refractivity contribution in [3.8, 4) is 0 Å². The first-order chi connectivity index (χ1) is 12.6. The molecule has 3 rings (SSSR count). The monoisotopic (exact) mass is 351 g/mol. The summed E-state index contributed by atoms with van der Waals surface area (Å²) < 4.78 is 0. The van der Waals surface area contributed by atoms with Crippen molar-refractivity contribution >= 4 is 29.1 Å². The second kappa shape index (κ2) is 7.39. The number of amides is 3. The van der Waals surface area contributed by atoms with Gasteiger partial charge in [0.1, 0.15) is 0 Å². The molecule has 0 radical (unpaired) electrons. The molecule has 6 nitrogen and oxygen atoms in total. The minimum Gasteiger partial charge on any atom is -0.323 e. The van der Waals surface area contributed by atoms with Crippen LogP contribution in [0.3, 0.4) is 0 Å². The van der Waals surface area contributed by atoms with Crippen LogP contribution in [0.4, 0.5) is 16.2 Å². The molecule has 6 heteroatoms. The van der Waals surface area contributed by atoms with Crippen molar-refractivity contribution in [3.63, 3.8) is 0 Å². The molecule has 3 amide bonds. The van der Waals surface area contributed by atoms with Crippen molar-refractivity contribution in [1.29, 1.82) is 0 Å². The van der Waals surface area contributed by atoms with Crippen LogP contribution in [0.2, 0.25) is 0 Å². The van der Waals surface area contributed by atoms with Gasteiger partial charge in [-0.05, 0) is 30.7 Å². The maximum Gasteiger partial charge on any atom is 0.320 e. The standard InChI is InChI=1S/C20H21N3O3/c1-2-3-13-20(23-19(26)21-14-9-5-4-6-10-14)17(24)15-11-7-8-12-16(15)22-18(20)25/h4-12H,2-3,13H2,1H3,(H,22,25)(H2,21,23,26). The Morgan fingerprint density at radius 2 is 1.73 bits per heavy atom. The minimum atomic E-state index is -1.61. The summed E-state index contributed by atoms with van der Waals surface area (Å²) >= 11 is 0. The Hall–Kier alpha value is -3.15. The number of nitrogens with one attached hydrogen (secondary N) is 3. The molecule has 0 bridgehead atoms. The second-order valence-electron chi connectivity index (χ2n) is 6.28. The molecule has 1 heterocycles. The van der Waals surface area contributed by atoms with Crippen LogP contribution in [0.1, 0.15) is 36.5 Å². The molecule has 2 aromatic carbocycles. The number of hydrogen-bond acceptors (Lipinski definition) is 3. The van der Waals surface area contributed by atoms with Gasteiger partial charge in [0, 0.05) is 11.3 Å². The van der Waals surface area contributed by atoms with Crippen LogP contribution in [0, 0.1) is 0 Å². The van der Waals surface area contributed by atoms with Gasteiger partial charge in [0.25, 0.3) is 5.91 Å². The van der Waals surface area contributed by atoms with Gasteiger partial charge in [-0.25, -0.2) is 4.79 Å². The first kappa shape index (κ1) is 17.7. The van der Waals surface area contributed by atoms with Crippen LogP contribution < -0.4 is 16.0 Å². The van der Waals surface area contributed by atoms with Gasteiger partial charge in [-0.3, -0.25) is 9.59 Å². The van der Waals surface area contributed by atoms with Crippen molar-refractivity contribution in [1.82, 2.24) is 5.32 Å². The Balaban J connectivity index is 1.90. The molecule has 134 valence electrons. The van der Waals surface area contributed by atoms with E-state index in [-0.39, 0.29) is 12.2 Å². The molecule has 0 spiro atoms. The van der Waals surface area contributed by atoms with Crippen LogP contribution in [0.5, 0.6) is 0 Å². The van der Waals surface area contributed by atoms with E-state index in [0.717, 1.165) is 6.42 Å². The van der Waals surface area contributed by atoms with Crippen LogP contribution in [0.15, 0.2) is 54.6 Å². The molecular weight excluding hydrogens is 330 g/mol. The fourth-order valence-corrected chi connectivity index (χ4v) is 3.07. The molecule has 1 aliphatic heterocycles. The van der Waals surface area contributed by atoms with E-state index in [1.165, 1.54) is 0 Å². The van der Waals surface area contributed by atoms with Gasteiger partial charge in [-0.2, -0.15) is 0 Å². The average Bonchev–Trinajstić information content (AvgIpc) is 2.65. The number of hydrogen-bond donors (Lipinski definition) is 3. The second-order valence-corrected chi connectivity index (χ2v) is 6.28. The summed E-state index contributed by atoms with van der Waals surface area (Å²) in [5, 5.41) is 8.07. The summed E-state index contributed by atoms with van der Waals surface area (Å²) in [6, 6.07) is 15.1. The number of anilines is 2. The van der Waals surface area contributed by atoms with Crippen molar-refractivity contribution in [2.45, 2.75) is 31.7 Å². The highest BCUT2D eigenvalue weighted by molar-refractivity contribution is 6.28. The highest BCUT2D eigenvalue weighted by atomic mass is 16.2. The summed E-state index contributed by atoms with van der Waals surface area (Å²) in [5.41, 5.74) is -0.147. The van der Waals surface area contributed by atoms with E-state index in [4.69, 9.17) is 0 Å². The molecule has 0 fully saturated rings. The highest BCUT2D eigenvalue weighted by Gasteiger charge is 2.50. The van der Waals surface area contributed by atoms with Crippen molar-refractivity contribution in [2.24, 2.45) is 0 Å². The predicted octanol–water partition coefficient (Wildman–Crippen LogP) is 3.57. The summed E-state index contributed by atoms with van der Waals surface area (Å²) in [6.07, 6.45) is 1.67. The molecule has 2 aromatic rings. The number of fused-ring (bicyclic) bond motifs is 1. The first-order valence-electron chi connectivity index (χ1n) is 8.66.